The number of carbonyl (C=O) groups excluding carboxylic acids is 2. The van der Waals surface area contributed by atoms with E-state index in [0.29, 0.717) is 26.1 Å². The van der Waals surface area contributed by atoms with E-state index in [9.17, 15) is 9.59 Å². The lowest BCUT2D eigenvalue weighted by Gasteiger charge is -2.26. The van der Waals surface area contributed by atoms with E-state index in [1.807, 2.05) is 0 Å². The Balaban J connectivity index is 1.56. The average Bonchev–Trinajstić information content (AvgIpc) is 2.48. The third-order valence-corrected chi connectivity index (χ3v) is 4.36. The fraction of sp³-hybridized carbons (Fsp3) is 0.875. The normalized spacial score (nSPS) is 20.9. The highest BCUT2D eigenvalue weighted by molar-refractivity contribution is 5.76. The molecule has 0 saturated carbocycles. The van der Waals surface area contributed by atoms with Crippen LogP contribution in [0.4, 0.5) is 4.79 Å². The molecule has 0 unspecified atom stereocenters. The number of hydrogen-bond acceptors (Lipinski definition) is 4. The maximum Gasteiger partial charge on any atom is 0.409 e. The van der Waals surface area contributed by atoms with Crippen molar-refractivity contribution in [3.8, 4) is 0 Å². The molecular formula is C16H29N3O3. The fourth-order valence-electron chi connectivity index (χ4n) is 3.02. The van der Waals surface area contributed by atoms with Crippen LogP contribution in [0.5, 0.6) is 0 Å². The summed E-state index contributed by atoms with van der Waals surface area (Å²) in [6, 6.07) is 0. The van der Waals surface area contributed by atoms with Gasteiger partial charge in [0.15, 0.2) is 0 Å². The second kappa shape index (κ2) is 9.66. The predicted molar refractivity (Wildman–Crippen MR) is 84.7 cm³/mol. The van der Waals surface area contributed by atoms with Gasteiger partial charge in [-0.1, -0.05) is 19.3 Å². The molecule has 1 N–H and O–H groups in total. The molecule has 2 aliphatic heterocycles. The summed E-state index contributed by atoms with van der Waals surface area (Å²) in [5.74, 6) is 0.0763. The lowest BCUT2D eigenvalue weighted by Crippen LogP contribution is -2.42. The van der Waals surface area contributed by atoms with Crippen LogP contribution in [0.1, 0.15) is 44.9 Å². The molecule has 0 aromatic carbocycles. The van der Waals surface area contributed by atoms with Gasteiger partial charge in [-0.3, -0.25) is 4.79 Å². The molecule has 0 spiro atoms. The zero-order valence-corrected chi connectivity index (χ0v) is 13.5. The van der Waals surface area contributed by atoms with E-state index in [1.54, 1.807) is 4.90 Å². The number of nitrogens with one attached hydrogen (secondary N) is 1. The highest BCUT2D eigenvalue weighted by Crippen LogP contribution is 2.10. The summed E-state index contributed by atoms with van der Waals surface area (Å²) in [6.45, 7) is 5.36. The number of nitrogens with zero attached hydrogens (tertiary/aromatic N) is 2. The highest BCUT2D eigenvalue weighted by atomic mass is 16.6. The lowest BCUT2D eigenvalue weighted by molar-refractivity contribution is -0.121. The first kappa shape index (κ1) is 17.1. The van der Waals surface area contributed by atoms with Gasteiger partial charge < -0.3 is 19.9 Å². The largest absolute Gasteiger partial charge is 0.449 e. The van der Waals surface area contributed by atoms with E-state index in [2.05, 4.69) is 10.2 Å². The fourth-order valence-corrected chi connectivity index (χ4v) is 3.02. The van der Waals surface area contributed by atoms with Crippen LogP contribution in [0.2, 0.25) is 0 Å². The molecule has 0 aromatic heterocycles. The van der Waals surface area contributed by atoms with Crippen LogP contribution in [-0.4, -0.2) is 67.7 Å². The summed E-state index contributed by atoms with van der Waals surface area (Å²) in [6.07, 6.45) is 7.63. The van der Waals surface area contributed by atoms with Crippen molar-refractivity contribution in [3.63, 3.8) is 0 Å². The number of amides is 2. The van der Waals surface area contributed by atoms with Gasteiger partial charge in [0.05, 0.1) is 6.61 Å². The molecule has 0 aromatic rings. The van der Waals surface area contributed by atoms with Crippen molar-refractivity contribution in [1.29, 1.82) is 0 Å². The van der Waals surface area contributed by atoms with Gasteiger partial charge in [0.1, 0.15) is 0 Å². The maximum atomic E-state index is 11.9. The Kier molecular flexibility index (Phi) is 7.49. The van der Waals surface area contributed by atoms with Crippen LogP contribution in [-0.2, 0) is 9.53 Å². The molecule has 2 heterocycles. The van der Waals surface area contributed by atoms with Crippen LogP contribution < -0.4 is 5.32 Å². The Labute approximate surface area is 133 Å². The minimum atomic E-state index is -0.263. The van der Waals surface area contributed by atoms with Gasteiger partial charge in [-0.05, 0) is 32.4 Å². The first-order valence-electron chi connectivity index (χ1n) is 8.66. The van der Waals surface area contributed by atoms with Crippen LogP contribution in [0.3, 0.4) is 0 Å². The van der Waals surface area contributed by atoms with E-state index in [4.69, 9.17) is 4.74 Å². The number of likely N-dealkylation sites (tertiary alicyclic amines) is 1. The van der Waals surface area contributed by atoms with Crippen molar-refractivity contribution < 1.29 is 14.3 Å². The van der Waals surface area contributed by atoms with Crippen LogP contribution >= 0.6 is 0 Å². The standard InChI is InChI=1S/C16H29N3O3/c20-15(7-12-18-9-4-2-1-3-5-10-18)17-8-13-19-11-6-14-22-16(19)21/h1-14H2,(H,17,20). The van der Waals surface area contributed by atoms with Gasteiger partial charge in [0, 0.05) is 32.6 Å². The average molecular weight is 311 g/mol. The Morgan fingerprint density at radius 1 is 1.00 bits per heavy atom. The minimum absolute atomic E-state index is 0.0763. The Bertz CT molecular complexity index is 355. The molecule has 6 heteroatoms. The molecule has 2 rings (SSSR count). The molecule has 2 aliphatic rings. The number of hydrogen-bond donors (Lipinski definition) is 1. The van der Waals surface area contributed by atoms with E-state index >= 15 is 0 Å². The van der Waals surface area contributed by atoms with Crippen molar-refractivity contribution in [3.05, 3.63) is 0 Å². The third-order valence-electron chi connectivity index (χ3n) is 4.36. The summed E-state index contributed by atoms with van der Waals surface area (Å²) in [4.78, 5) is 27.4. The summed E-state index contributed by atoms with van der Waals surface area (Å²) >= 11 is 0. The topological polar surface area (TPSA) is 61.9 Å². The van der Waals surface area contributed by atoms with E-state index in [1.165, 1.54) is 32.1 Å². The van der Waals surface area contributed by atoms with Crippen molar-refractivity contribution in [2.75, 3.05) is 45.9 Å². The van der Waals surface area contributed by atoms with Crippen molar-refractivity contribution in [1.82, 2.24) is 15.1 Å². The summed E-state index contributed by atoms with van der Waals surface area (Å²) in [5.41, 5.74) is 0. The van der Waals surface area contributed by atoms with Gasteiger partial charge in [-0.2, -0.15) is 0 Å². The number of rotatable bonds is 6. The second-order valence-corrected chi connectivity index (χ2v) is 6.16. The molecular weight excluding hydrogens is 282 g/mol. The first-order chi connectivity index (χ1) is 10.8. The van der Waals surface area contributed by atoms with Gasteiger partial charge in [-0.15, -0.1) is 0 Å². The third kappa shape index (κ3) is 6.22. The quantitative estimate of drug-likeness (QED) is 0.809. The monoisotopic (exact) mass is 311 g/mol. The van der Waals surface area contributed by atoms with E-state index < -0.39 is 0 Å². The summed E-state index contributed by atoms with van der Waals surface area (Å²) < 4.78 is 4.96. The Morgan fingerprint density at radius 3 is 2.45 bits per heavy atom. The molecule has 22 heavy (non-hydrogen) atoms. The van der Waals surface area contributed by atoms with Crippen LogP contribution in [0.25, 0.3) is 0 Å². The number of carbonyl (C=O) groups is 2. The highest BCUT2D eigenvalue weighted by Gasteiger charge is 2.19. The SMILES string of the molecule is O=C(CCN1CCCCCCC1)NCCN1CCCOC1=O. The van der Waals surface area contributed by atoms with Crippen molar-refractivity contribution in [2.24, 2.45) is 0 Å². The van der Waals surface area contributed by atoms with E-state index in [0.717, 1.165) is 32.6 Å². The zero-order chi connectivity index (χ0) is 15.6. The summed E-state index contributed by atoms with van der Waals surface area (Å²) in [5, 5.41) is 2.90. The van der Waals surface area contributed by atoms with Crippen LogP contribution in [0.15, 0.2) is 0 Å². The van der Waals surface area contributed by atoms with Crippen molar-refractivity contribution >= 4 is 12.0 Å². The Morgan fingerprint density at radius 2 is 1.73 bits per heavy atom. The number of ether oxygens (including phenoxy) is 1. The van der Waals surface area contributed by atoms with Crippen LogP contribution in [0, 0.1) is 0 Å². The predicted octanol–water partition coefficient (Wildman–Crippen LogP) is 1.60. The lowest BCUT2D eigenvalue weighted by atomic mass is 10.1. The molecule has 2 saturated heterocycles. The first-order valence-corrected chi connectivity index (χ1v) is 8.66. The van der Waals surface area contributed by atoms with Gasteiger partial charge in [0.2, 0.25) is 5.91 Å². The maximum absolute atomic E-state index is 11.9. The molecule has 0 atom stereocenters. The molecule has 126 valence electrons. The van der Waals surface area contributed by atoms with Gasteiger partial charge in [0.25, 0.3) is 0 Å². The zero-order valence-electron chi connectivity index (χ0n) is 13.5. The van der Waals surface area contributed by atoms with Gasteiger partial charge in [-0.25, -0.2) is 4.79 Å². The van der Waals surface area contributed by atoms with E-state index in [-0.39, 0.29) is 12.0 Å². The Hall–Kier alpha value is -1.30. The molecule has 0 aliphatic carbocycles. The molecule has 2 amide bonds. The molecule has 0 radical (unpaired) electrons. The molecule has 2 fully saturated rings. The molecule has 6 nitrogen and oxygen atoms in total. The minimum Gasteiger partial charge on any atom is -0.449 e. The number of cyclic esters (lactones) is 1. The summed E-state index contributed by atoms with van der Waals surface area (Å²) in [7, 11) is 0. The second-order valence-electron chi connectivity index (χ2n) is 6.16. The van der Waals surface area contributed by atoms with Crippen molar-refractivity contribution in [2.45, 2.75) is 44.9 Å². The smallest absolute Gasteiger partial charge is 0.409 e. The molecule has 0 bridgehead atoms. The van der Waals surface area contributed by atoms with Gasteiger partial charge >= 0.3 is 6.09 Å².